The molecule has 3 rings (SSSR count). The molecule has 9 heteroatoms. The second-order valence-electron chi connectivity index (χ2n) is 5.99. The monoisotopic (exact) mass is 435 g/mol. The van der Waals surface area contributed by atoms with Crippen molar-refractivity contribution in [2.75, 3.05) is 19.5 Å². The van der Waals surface area contributed by atoms with Crippen molar-refractivity contribution in [1.29, 1.82) is 5.26 Å². The molecule has 0 aliphatic rings. The smallest absolute Gasteiger partial charge is 0.343 e. The summed E-state index contributed by atoms with van der Waals surface area (Å²) < 4.78 is 15.8. The zero-order valence-corrected chi connectivity index (χ0v) is 17.4. The molecule has 1 heterocycles. The van der Waals surface area contributed by atoms with Gasteiger partial charge in [-0.05, 0) is 48.0 Å². The van der Waals surface area contributed by atoms with Gasteiger partial charge in [0.05, 0.1) is 19.8 Å². The third-order valence-electron chi connectivity index (χ3n) is 4.04. The van der Waals surface area contributed by atoms with E-state index in [1.807, 2.05) is 6.07 Å². The topological polar surface area (TPSA) is 111 Å². The molecule has 0 aliphatic carbocycles. The van der Waals surface area contributed by atoms with Crippen molar-refractivity contribution < 1.29 is 23.8 Å². The van der Waals surface area contributed by atoms with Gasteiger partial charge in [0.25, 0.3) is 5.91 Å². The van der Waals surface area contributed by atoms with Crippen LogP contribution in [-0.2, 0) is 4.79 Å². The highest BCUT2D eigenvalue weighted by molar-refractivity contribution is 7.13. The summed E-state index contributed by atoms with van der Waals surface area (Å²) in [4.78, 5) is 28.6. The summed E-state index contributed by atoms with van der Waals surface area (Å²) in [5, 5.41) is 14.0. The van der Waals surface area contributed by atoms with Crippen LogP contribution in [0.3, 0.4) is 0 Å². The highest BCUT2D eigenvalue weighted by atomic mass is 32.1. The molecule has 8 nitrogen and oxygen atoms in total. The van der Waals surface area contributed by atoms with Crippen LogP contribution in [-0.4, -0.2) is 31.1 Å². The Morgan fingerprint density at radius 1 is 1.10 bits per heavy atom. The second kappa shape index (κ2) is 10.0. The SMILES string of the molecule is COc1ccc(C(=O)Oc2ccc(C=C(C#N)C(=O)Nc3nccs3)cc2OC)cc1. The Balaban J connectivity index is 1.78. The number of thiazole rings is 1. The van der Waals surface area contributed by atoms with Gasteiger partial charge in [0, 0.05) is 11.6 Å². The van der Waals surface area contributed by atoms with Gasteiger partial charge in [-0.15, -0.1) is 11.3 Å². The van der Waals surface area contributed by atoms with Gasteiger partial charge < -0.3 is 14.2 Å². The molecule has 0 spiro atoms. The van der Waals surface area contributed by atoms with Crippen LogP contribution in [0.15, 0.2) is 59.6 Å². The first-order valence-corrected chi connectivity index (χ1v) is 9.79. The van der Waals surface area contributed by atoms with E-state index in [1.165, 1.54) is 37.7 Å². The summed E-state index contributed by atoms with van der Waals surface area (Å²) >= 11 is 1.24. The Morgan fingerprint density at radius 3 is 2.48 bits per heavy atom. The minimum absolute atomic E-state index is 0.111. The molecule has 156 valence electrons. The lowest BCUT2D eigenvalue weighted by Gasteiger charge is -2.10. The van der Waals surface area contributed by atoms with E-state index in [9.17, 15) is 14.9 Å². The Morgan fingerprint density at radius 2 is 1.87 bits per heavy atom. The average molecular weight is 435 g/mol. The zero-order valence-electron chi connectivity index (χ0n) is 16.6. The van der Waals surface area contributed by atoms with Crippen LogP contribution in [0, 0.1) is 11.3 Å². The summed E-state index contributed by atoms with van der Waals surface area (Å²) in [6, 6.07) is 13.0. The fourth-order valence-corrected chi connectivity index (χ4v) is 3.03. The number of rotatable bonds is 7. The van der Waals surface area contributed by atoms with Crippen LogP contribution in [0.5, 0.6) is 17.2 Å². The number of ether oxygens (including phenoxy) is 3. The van der Waals surface area contributed by atoms with Crippen LogP contribution in [0.2, 0.25) is 0 Å². The molecule has 0 saturated carbocycles. The van der Waals surface area contributed by atoms with Crippen molar-refractivity contribution in [3.63, 3.8) is 0 Å². The fourth-order valence-electron chi connectivity index (χ4n) is 2.51. The molecule has 31 heavy (non-hydrogen) atoms. The van der Waals surface area contributed by atoms with Gasteiger partial charge in [-0.1, -0.05) is 6.07 Å². The van der Waals surface area contributed by atoms with Gasteiger partial charge in [0.2, 0.25) is 0 Å². The van der Waals surface area contributed by atoms with Crippen LogP contribution >= 0.6 is 11.3 Å². The first kappa shape index (κ1) is 21.5. The quantitative estimate of drug-likeness (QED) is 0.259. The van der Waals surface area contributed by atoms with Gasteiger partial charge in [-0.2, -0.15) is 5.26 Å². The lowest BCUT2D eigenvalue weighted by Crippen LogP contribution is -2.13. The van der Waals surface area contributed by atoms with Gasteiger partial charge in [0.15, 0.2) is 16.6 Å². The fraction of sp³-hybridized carbons (Fsp3) is 0.0909. The van der Waals surface area contributed by atoms with Crippen molar-refractivity contribution in [3.05, 3.63) is 70.7 Å². The molecule has 3 aromatic rings. The maximum Gasteiger partial charge on any atom is 0.343 e. The van der Waals surface area contributed by atoms with Crippen LogP contribution < -0.4 is 19.5 Å². The van der Waals surface area contributed by atoms with E-state index in [1.54, 1.807) is 48.0 Å². The number of methoxy groups -OCH3 is 2. The van der Waals surface area contributed by atoms with Gasteiger partial charge in [-0.3, -0.25) is 10.1 Å². The minimum atomic E-state index is -0.577. The predicted octanol–water partition coefficient (Wildman–Crippen LogP) is 3.93. The minimum Gasteiger partial charge on any atom is -0.497 e. The summed E-state index contributed by atoms with van der Waals surface area (Å²) in [7, 11) is 2.96. The number of nitrogens with zero attached hydrogens (tertiary/aromatic N) is 2. The van der Waals surface area contributed by atoms with E-state index in [2.05, 4.69) is 10.3 Å². The third kappa shape index (κ3) is 5.46. The number of benzene rings is 2. The Hall–Kier alpha value is -4.16. The molecule has 0 unspecified atom stereocenters. The average Bonchev–Trinajstić information content (AvgIpc) is 3.31. The second-order valence-corrected chi connectivity index (χ2v) is 6.88. The molecule has 0 radical (unpaired) electrons. The molecule has 2 aromatic carbocycles. The number of carbonyl (C=O) groups excluding carboxylic acids is 2. The number of carbonyl (C=O) groups is 2. The molecule has 1 aromatic heterocycles. The number of esters is 1. The normalized spacial score (nSPS) is 10.7. The number of nitrogens with one attached hydrogen (secondary N) is 1. The summed E-state index contributed by atoms with van der Waals surface area (Å²) in [6.45, 7) is 0. The van der Waals surface area contributed by atoms with Crippen molar-refractivity contribution >= 4 is 34.4 Å². The van der Waals surface area contributed by atoms with Crippen molar-refractivity contribution in [2.24, 2.45) is 0 Å². The standard InChI is InChI=1S/C22H17N3O5S/c1-28-17-6-4-15(5-7-17)21(27)30-18-8-3-14(12-19(18)29-2)11-16(13-23)20(26)25-22-24-9-10-31-22/h3-12H,1-2H3,(H,24,25,26). The van der Waals surface area contributed by atoms with E-state index in [4.69, 9.17) is 14.2 Å². The maximum atomic E-state index is 12.4. The molecule has 0 bridgehead atoms. The van der Waals surface area contributed by atoms with E-state index < -0.39 is 11.9 Å². The largest absolute Gasteiger partial charge is 0.497 e. The molecule has 1 amide bonds. The first-order chi connectivity index (χ1) is 15.0. The van der Waals surface area contributed by atoms with Crippen molar-refractivity contribution in [2.45, 2.75) is 0 Å². The van der Waals surface area contributed by atoms with Crippen LogP contribution in [0.1, 0.15) is 15.9 Å². The number of hydrogen-bond donors (Lipinski definition) is 1. The van der Waals surface area contributed by atoms with Crippen LogP contribution in [0.25, 0.3) is 6.08 Å². The zero-order chi connectivity index (χ0) is 22.2. The summed E-state index contributed by atoms with van der Waals surface area (Å²) in [6.07, 6.45) is 2.95. The number of nitriles is 1. The molecular formula is C22H17N3O5S. The summed E-state index contributed by atoms with van der Waals surface area (Å²) in [5.41, 5.74) is 0.754. The van der Waals surface area contributed by atoms with Gasteiger partial charge in [0.1, 0.15) is 17.4 Å². The van der Waals surface area contributed by atoms with Gasteiger partial charge >= 0.3 is 5.97 Å². The van der Waals surface area contributed by atoms with Gasteiger partial charge in [-0.25, -0.2) is 9.78 Å². The Bertz CT molecular complexity index is 1150. The number of anilines is 1. The number of hydrogen-bond acceptors (Lipinski definition) is 8. The highest BCUT2D eigenvalue weighted by Crippen LogP contribution is 2.30. The van der Waals surface area contributed by atoms with Crippen molar-refractivity contribution in [3.8, 4) is 23.3 Å². The number of amides is 1. The molecular weight excluding hydrogens is 418 g/mol. The molecule has 0 saturated heterocycles. The number of aromatic nitrogens is 1. The molecule has 0 atom stereocenters. The van der Waals surface area contributed by atoms with E-state index in [0.717, 1.165) is 0 Å². The van der Waals surface area contributed by atoms with E-state index >= 15 is 0 Å². The lowest BCUT2D eigenvalue weighted by molar-refractivity contribution is -0.112. The maximum absolute atomic E-state index is 12.4. The first-order valence-electron chi connectivity index (χ1n) is 8.91. The Labute approximate surface area is 182 Å². The highest BCUT2D eigenvalue weighted by Gasteiger charge is 2.15. The molecule has 1 N–H and O–H groups in total. The van der Waals surface area contributed by atoms with Crippen LogP contribution in [0.4, 0.5) is 5.13 Å². The lowest BCUT2D eigenvalue weighted by atomic mass is 10.1. The van der Waals surface area contributed by atoms with Crippen molar-refractivity contribution in [1.82, 2.24) is 4.98 Å². The Kier molecular flexibility index (Phi) is 6.98. The van der Waals surface area contributed by atoms with E-state index in [-0.39, 0.29) is 17.1 Å². The third-order valence-corrected chi connectivity index (χ3v) is 4.73. The molecule has 0 aliphatic heterocycles. The molecule has 0 fully saturated rings. The predicted molar refractivity (Wildman–Crippen MR) is 115 cm³/mol. The summed E-state index contributed by atoms with van der Waals surface area (Å²) in [5.74, 6) is -0.0480. The van der Waals surface area contributed by atoms with E-state index in [0.29, 0.717) is 22.0 Å².